The van der Waals surface area contributed by atoms with Gasteiger partial charge in [-0.15, -0.1) is 12.6 Å². The third-order valence-electron chi connectivity index (χ3n) is 2.75. The summed E-state index contributed by atoms with van der Waals surface area (Å²) in [5.41, 5.74) is 2.45. The predicted octanol–water partition coefficient (Wildman–Crippen LogP) is 3.29. The number of anilines is 2. The Morgan fingerprint density at radius 3 is 2.42 bits per heavy atom. The molecule has 0 aliphatic rings. The van der Waals surface area contributed by atoms with Crippen LogP contribution in [0.25, 0.3) is 0 Å². The molecule has 2 rings (SSSR count). The van der Waals surface area contributed by atoms with Crippen LogP contribution in [0.15, 0.2) is 53.4 Å². The van der Waals surface area contributed by atoms with Gasteiger partial charge in [-0.3, -0.25) is 4.79 Å². The number of carbonyl (C=O) groups excluding carboxylic acids is 1. The summed E-state index contributed by atoms with van der Waals surface area (Å²) < 4.78 is 0. The monoisotopic (exact) mass is 272 g/mol. The maximum absolute atomic E-state index is 12.1. The topological polar surface area (TPSA) is 32.3 Å². The van der Waals surface area contributed by atoms with Crippen molar-refractivity contribution < 1.29 is 4.79 Å². The van der Waals surface area contributed by atoms with E-state index in [1.54, 1.807) is 24.3 Å². The minimum absolute atomic E-state index is 0.121. The molecule has 0 fully saturated rings. The van der Waals surface area contributed by atoms with Crippen molar-refractivity contribution in [2.45, 2.75) is 4.90 Å². The van der Waals surface area contributed by atoms with Gasteiger partial charge in [0.1, 0.15) is 0 Å². The largest absolute Gasteiger partial charge is 0.378 e. The van der Waals surface area contributed by atoms with Crippen LogP contribution in [0.2, 0.25) is 0 Å². The highest BCUT2D eigenvalue weighted by Gasteiger charge is 2.06. The van der Waals surface area contributed by atoms with E-state index in [0.717, 1.165) is 16.3 Å². The second-order valence-electron chi connectivity index (χ2n) is 4.45. The fraction of sp³-hybridized carbons (Fsp3) is 0.133. The molecular weight excluding hydrogens is 256 g/mol. The molecule has 4 heteroatoms. The van der Waals surface area contributed by atoms with Gasteiger partial charge in [-0.1, -0.05) is 6.07 Å². The highest BCUT2D eigenvalue weighted by atomic mass is 32.1. The van der Waals surface area contributed by atoms with Gasteiger partial charge in [-0.2, -0.15) is 0 Å². The first-order chi connectivity index (χ1) is 9.06. The van der Waals surface area contributed by atoms with Crippen LogP contribution >= 0.6 is 12.6 Å². The molecule has 0 unspecified atom stereocenters. The molecule has 0 radical (unpaired) electrons. The van der Waals surface area contributed by atoms with Crippen LogP contribution in [-0.4, -0.2) is 20.0 Å². The van der Waals surface area contributed by atoms with Crippen molar-refractivity contribution in [3.63, 3.8) is 0 Å². The maximum atomic E-state index is 12.1. The van der Waals surface area contributed by atoms with E-state index in [1.165, 1.54) is 0 Å². The first-order valence-electron chi connectivity index (χ1n) is 5.94. The molecule has 0 spiro atoms. The van der Waals surface area contributed by atoms with Crippen LogP contribution in [0, 0.1) is 0 Å². The Morgan fingerprint density at radius 2 is 1.79 bits per heavy atom. The molecule has 98 valence electrons. The first kappa shape index (κ1) is 13.5. The molecule has 0 aliphatic carbocycles. The first-order valence-corrected chi connectivity index (χ1v) is 6.39. The Bertz CT molecular complexity index is 579. The van der Waals surface area contributed by atoms with Gasteiger partial charge in [0, 0.05) is 35.9 Å². The Hall–Kier alpha value is -1.94. The van der Waals surface area contributed by atoms with Crippen molar-refractivity contribution >= 4 is 29.9 Å². The van der Waals surface area contributed by atoms with Crippen molar-refractivity contribution in [3.05, 3.63) is 54.1 Å². The summed E-state index contributed by atoms with van der Waals surface area (Å²) in [6.45, 7) is 0. The smallest absolute Gasteiger partial charge is 0.255 e. The maximum Gasteiger partial charge on any atom is 0.255 e. The van der Waals surface area contributed by atoms with E-state index in [2.05, 4.69) is 17.9 Å². The minimum atomic E-state index is -0.121. The van der Waals surface area contributed by atoms with Crippen molar-refractivity contribution in [1.29, 1.82) is 0 Å². The fourth-order valence-corrected chi connectivity index (χ4v) is 1.83. The lowest BCUT2D eigenvalue weighted by atomic mass is 10.2. The third-order valence-corrected chi connectivity index (χ3v) is 3.05. The number of thiol groups is 1. The van der Waals surface area contributed by atoms with Crippen LogP contribution in [-0.2, 0) is 0 Å². The van der Waals surface area contributed by atoms with Gasteiger partial charge in [0.25, 0.3) is 5.91 Å². The summed E-state index contributed by atoms with van der Waals surface area (Å²) in [7, 11) is 3.93. The third kappa shape index (κ3) is 3.51. The summed E-state index contributed by atoms with van der Waals surface area (Å²) in [4.78, 5) is 14.9. The van der Waals surface area contributed by atoms with Gasteiger partial charge in [0.15, 0.2) is 0 Å². The zero-order valence-corrected chi connectivity index (χ0v) is 11.8. The lowest BCUT2D eigenvalue weighted by molar-refractivity contribution is 0.102. The van der Waals surface area contributed by atoms with E-state index in [-0.39, 0.29) is 5.91 Å². The number of rotatable bonds is 3. The van der Waals surface area contributed by atoms with Crippen molar-refractivity contribution in [3.8, 4) is 0 Å². The van der Waals surface area contributed by atoms with E-state index in [0.29, 0.717) is 5.56 Å². The van der Waals surface area contributed by atoms with Crippen LogP contribution in [0.3, 0.4) is 0 Å². The van der Waals surface area contributed by atoms with E-state index in [4.69, 9.17) is 0 Å². The molecule has 0 atom stereocenters. The average Bonchev–Trinajstić information content (AvgIpc) is 2.39. The number of benzene rings is 2. The molecule has 0 heterocycles. The lowest BCUT2D eigenvalue weighted by Crippen LogP contribution is -2.13. The summed E-state index contributed by atoms with van der Waals surface area (Å²) in [6, 6.07) is 14.8. The van der Waals surface area contributed by atoms with Crippen LogP contribution in [0.4, 0.5) is 11.4 Å². The number of nitrogens with zero attached hydrogens (tertiary/aromatic N) is 1. The molecule has 0 bridgehead atoms. The van der Waals surface area contributed by atoms with Gasteiger partial charge in [-0.05, 0) is 42.5 Å². The summed E-state index contributed by atoms with van der Waals surface area (Å²) in [6.07, 6.45) is 0. The van der Waals surface area contributed by atoms with Crippen molar-refractivity contribution in [2.75, 3.05) is 24.3 Å². The van der Waals surface area contributed by atoms with E-state index in [9.17, 15) is 4.79 Å². The minimum Gasteiger partial charge on any atom is -0.378 e. The Labute approximate surface area is 118 Å². The van der Waals surface area contributed by atoms with Crippen LogP contribution < -0.4 is 10.2 Å². The Morgan fingerprint density at radius 1 is 1.11 bits per heavy atom. The van der Waals surface area contributed by atoms with Gasteiger partial charge >= 0.3 is 0 Å². The van der Waals surface area contributed by atoms with Gasteiger partial charge in [0.2, 0.25) is 0 Å². The highest BCUT2D eigenvalue weighted by Crippen LogP contribution is 2.18. The van der Waals surface area contributed by atoms with Crippen molar-refractivity contribution in [2.24, 2.45) is 0 Å². The molecule has 2 aromatic carbocycles. The molecule has 0 aliphatic heterocycles. The number of hydrogen-bond donors (Lipinski definition) is 2. The summed E-state index contributed by atoms with van der Waals surface area (Å²) in [5, 5.41) is 2.88. The fourth-order valence-electron chi connectivity index (χ4n) is 1.68. The standard InChI is InChI=1S/C15H16N2OS/c1-17(2)13-5-3-4-12(10-13)16-15(18)11-6-8-14(19)9-7-11/h3-10,19H,1-2H3,(H,16,18). The predicted molar refractivity (Wildman–Crippen MR) is 82.4 cm³/mol. The van der Waals surface area contributed by atoms with Gasteiger partial charge in [-0.25, -0.2) is 0 Å². The number of nitrogens with one attached hydrogen (secondary N) is 1. The van der Waals surface area contributed by atoms with Gasteiger partial charge < -0.3 is 10.2 Å². The van der Waals surface area contributed by atoms with E-state index < -0.39 is 0 Å². The normalized spacial score (nSPS) is 10.1. The van der Waals surface area contributed by atoms with Crippen molar-refractivity contribution in [1.82, 2.24) is 0 Å². The molecule has 0 saturated heterocycles. The molecule has 19 heavy (non-hydrogen) atoms. The Balaban J connectivity index is 2.14. The van der Waals surface area contributed by atoms with Crippen LogP contribution in [0.1, 0.15) is 10.4 Å². The van der Waals surface area contributed by atoms with Gasteiger partial charge in [0.05, 0.1) is 0 Å². The molecule has 2 aromatic rings. The van der Waals surface area contributed by atoms with Crippen LogP contribution in [0.5, 0.6) is 0 Å². The zero-order chi connectivity index (χ0) is 13.8. The van der Waals surface area contributed by atoms with E-state index in [1.807, 2.05) is 43.3 Å². The molecular formula is C15H16N2OS. The Kier molecular flexibility index (Phi) is 4.12. The molecule has 1 amide bonds. The SMILES string of the molecule is CN(C)c1cccc(NC(=O)c2ccc(S)cc2)c1. The zero-order valence-electron chi connectivity index (χ0n) is 10.9. The molecule has 0 saturated carbocycles. The average molecular weight is 272 g/mol. The second-order valence-corrected chi connectivity index (χ2v) is 4.96. The second kappa shape index (κ2) is 5.80. The highest BCUT2D eigenvalue weighted by molar-refractivity contribution is 7.80. The quantitative estimate of drug-likeness (QED) is 0.840. The molecule has 3 nitrogen and oxygen atoms in total. The summed E-state index contributed by atoms with van der Waals surface area (Å²) in [5.74, 6) is -0.121. The van der Waals surface area contributed by atoms with E-state index >= 15 is 0 Å². The summed E-state index contributed by atoms with van der Waals surface area (Å²) >= 11 is 4.20. The number of hydrogen-bond acceptors (Lipinski definition) is 3. The lowest BCUT2D eigenvalue weighted by Gasteiger charge is -2.14. The molecule has 1 N–H and O–H groups in total. The number of amides is 1. The molecule has 0 aromatic heterocycles. The number of carbonyl (C=O) groups is 1.